The Labute approximate surface area is 161 Å². The summed E-state index contributed by atoms with van der Waals surface area (Å²) in [6, 6.07) is 5.50. The van der Waals surface area contributed by atoms with Gasteiger partial charge in [-0.2, -0.15) is 0 Å². The summed E-state index contributed by atoms with van der Waals surface area (Å²) >= 11 is 0. The van der Waals surface area contributed by atoms with E-state index in [1.54, 1.807) is 17.7 Å². The van der Waals surface area contributed by atoms with Crippen LogP contribution in [0.25, 0.3) is 11.2 Å². The Kier molecular flexibility index (Phi) is 5.48. The van der Waals surface area contributed by atoms with Crippen LogP contribution < -0.4 is 11.2 Å². The van der Waals surface area contributed by atoms with Crippen LogP contribution in [-0.4, -0.2) is 25.1 Å². The maximum absolute atomic E-state index is 12.4. The molecule has 1 aromatic carbocycles. The highest BCUT2D eigenvalue weighted by Crippen LogP contribution is 2.15. The molecule has 0 unspecified atom stereocenters. The Morgan fingerprint density at radius 1 is 1.25 bits per heavy atom. The fourth-order valence-electron chi connectivity index (χ4n) is 3.19. The third-order valence-electron chi connectivity index (χ3n) is 4.78. The van der Waals surface area contributed by atoms with Crippen LogP contribution in [0.2, 0.25) is 0 Å². The molecule has 0 bridgehead atoms. The van der Waals surface area contributed by atoms with E-state index in [0.717, 1.165) is 24.0 Å². The van der Waals surface area contributed by atoms with E-state index in [1.165, 1.54) is 4.57 Å². The average Bonchev–Trinajstić information content (AvgIpc) is 2.96. The highest BCUT2D eigenvalue weighted by molar-refractivity contribution is 5.91. The summed E-state index contributed by atoms with van der Waals surface area (Å²) < 4.78 is 8.43. The lowest BCUT2D eigenvalue weighted by molar-refractivity contribution is 0.0459. The number of esters is 1. The van der Waals surface area contributed by atoms with E-state index < -0.39 is 17.2 Å². The molecule has 3 aromatic rings. The monoisotopic (exact) mass is 384 g/mol. The molecule has 0 aliphatic carbocycles. The van der Waals surface area contributed by atoms with Gasteiger partial charge in [0.05, 0.1) is 5.56 Å². The van der Waals surface area contributed by atoms with E-state index in [1.807, 2.05) is 32.9 Å². The molecule has 0 saturated heterocycles. The zero-order valence-electron chi connectivity index (χ0n) is 16.5. The van der Waals surface area contributed by atoms with E-state index in [0.29, 0.717) is 23.6 Å². The molecule has 28 heavy (non-hydrogen) atoms. The highest BCUT2D eigenvalue weighted by atomic mass is 16.5. The molecule has 0 spiro atoms. The van der Waals surface area contributed by atoms with Crippen molar-refractivity contribution in [2.24, 2.45) is 7.05 Å². The molecule has 0 amide bonds. The van der Waals surface area contributed by atoms with Crippen LogP contribution in [-0.2, 0) is 24.9 Å². The second-order valence-electron chi connectivity index (χ2n) is 6.92. The molecule has 0 fully saturated rings. The molecule has 0 atom stereocenters. The van der Waals surface area contributed by atoms with Crippen molar-refractivity contribution in [2.45, 2.75) is 46.8 Å². The number of rotatable bonds is 6. The maximum Gasteiger partial charge on any atom is 0.338 e. The number of hydrogen-bond acceptors (Lipinski definition) is 5. The van der Waals surface area contributed by atoms with Gasteiger partial charge in [0.25, 0.3) is 5.56 Å². The average molecular weight is 384 g/mol. The molecule has 3 rings (SSSR count). The highest BCUT2D eigenvalue weighted by Gasteiger charge is 2.18. The fraction of sp³-hybridized carbons (Fsp3) is 0.400. The number of aromatic nitrogens is 4. The van der Waals surface area contributed by atoms with Gasteiger partial charge in [-0.25, -0.2) is 14.6 Å². The summed E-state index contributed by atoms with van der Waals surface area (Å²) in [5, 5.41) is 0. The number of hydrogen-bond donors (Lipinski definition) is 1. The predicted octanol–water partition coefficient (Wildman–Crippen LogP) is 2.20. The van der Waals surface area contributed by atoms with E-state index in [4.69, 9.17) is 4.74 Å². The third kappa shape index (κ3) is 3.62. The quantitative estimate of drug-likeness (QED) is 0.657. The van der Waals surface area contributed by atoms with Gasteiger partial charge in [-0.05, 0) is 31.9 Å². The molecule has 8 heteroatoms. The number of aromatic amines is 1. The van der Waals surface area contributed by atoms with Crippen LogP contribution in [0.15, 0.2) is 27.8 Å². The van der Waals surface area contributed by atoms with Crippen molar-refractivity contribution < 1.29 is 9.53 Å². The maximum atomic E-state index is 12.4. The zero-order valence-corrected chi connectivity index (χ0v) is 16.5. The second kappa shape index (κ2) is 7.84. The number of carbonyl (C=O) groups is 1. The minimum absolute atomic E-state index is 0.0985. The summed E-state index contributed by atoms with van der Waals surface area (Å²) in [5.74, 6) is -0.0590. The lowest BCUT2D eigenvalue weighted by Gasteiger charge is -2.07. The topological polar surface area (TPSA) is 99.0 Å². The zero-order chi connectivity index (χ0) is 20.4. The van der Waals surface area contributed by atoms with E-state index in [2.05, 4.69) is 9.97 Å². The molecule has 1 N–H and O–H groups in total. The van der Waals surface area contributed by atoms with Crippen molar-refractivity contribution in [3.8, 4) is 0 Å². The van der Waals surface area contributed by atoms with Crippen LogP contribution in [0.1, 0.15) is 47.1 Å². The van der Waals surface area contributed by atoms with Gasteiger partial charge in [-0.15, -0.1) is 0 Å². The first-order chi connectivity index (χ1) is 13.3. The number of unbranched alkanes of at least 4 members (excludes halogenated alkanes) is 1. The molecule has 0 saturated carbocycles. The van der Waals surface area contributed by atoms with Gasteiger partial charge >= 0.3 is 11.7 Å². The Hall–Kier alpha value is -3.16. The Morgan fingerprint density at radius 2 is 2.00 bits per heavy atom. The number of H-pyrrole nitrogens is 1. The summed E-state index contributed by atoms with van der Waals surface area (Å²) in [4.78, 5) is 43.6. The first kappa shape index (κ1) is 19.6. The number of imidazole rings is 1. The van der Waals surface area contributed by atoms with Crippen molar-refractivity contribution in [3.05, 3.63) is 61.6 Å². The Balaban J connectivity index is 1.92. The molecule has 0 aliphatic rings. The van der Waals surface area contributed by atoms with Gasteiger partial charge in [0, 0.05) is 13.6 Å². The van der Waals surface area contributed by atoms with Crippen LogP contribution >= 0.6 is 0 Å². The summed E-state index contributed by atoms with van der Waals surface area (Å²) in [7, 11) is 1.67. The number of fused-ring (bicyclic) bond motifs is 1. The van der Waals surface area contributed by atoms with Gasteiger partial charge < -0.3 is 9.30 Å². The van der Waals surface area contributed by atoms with Crippen LogP contribution in [0.3, 0.4) is 0 Å². The molecule has 0 aliphatic heterocycles. The lowest BCUT2D eigenvalue weighted by Crippen LogP contribution is -2.31. The molecule has 0 radical (unpaired) electrons. The normalized spacial score (nSPS) is 11.1. The number of benzene rings is 1. The SMILES string of the molecule is CCCCn1c(=O)[nH]c(=O)c2c1nc(COC(=O)c1ccc(C)cc1C)n2C. The number of ether oxygens (including phenoxy) is 1. The van der Waals surface area contributed by atoms with Gasteiger partial charge in [0.2, 0.25) is 0 Å². The smallest absolute Gasteiger partial charge is 0.338 e. The van der Waals surface area contributed by atoms with Crippen molar-refractivity contribution in [1.82, 2.24) is 19.1 Å². The largest absolute Gasteiger partial charge is 0.454 e. The number of carbonyl (C=O) groups excluding carboxylic acids is 1. The first-order valence-electron chi connectivity index (χ1n) is 9.26. The molecular weight excluding hydrogens is 360 g/mol. The molecule has 148 valence electrons. The third-order valence-corrected chi connectivity index (χ3v) is 4.78. The van der Waals surface area contributed by atoms with Crippen LogP contribution in [0.5, 0.6) is 0 Å². The van der Waals surface area contributed by atoms with Crippen LogP contribution in [0.4, 0.5) is 0 Å². The van der Waals surface area contributed by atoms with Crippen molar-refractivity contribution in [1.29, 1.82) is 0 Å². The molecular formula is C20H24N4O4. The van der Waals surface area contributed by atoms with Gasteiger partial charge in [0.1, 0.15) is 12.4 Å². The molecule has 2 heterocycles. The lowest BCUT2D eigenvalue weighted by atomic mass is 10.1. The van der Waals surface area contributed by atoms with Gasteiger partial charge in [-0.1, -0.05) is 31.0 Å². The van der Waals surface area contributed by atoms with Crippen molar-refractivity contribution >= 4 is 17.1 Å². The number of nitrogens with zero attached hydrogens (tertiary/aromatic N) is 3. The van der Waals surface area contributed by atoms with E-state index >= 15 is 0 Å². The van der Waals surface area contributed by atoms with E-state index in [9.17, 15) is 14.4 Å². The minimum atomic E-state index is -0.505. The summed E-state index contributed by atoms with van der Waals surface area (Å²) in [6.07, 6.45) is 1.69. The van der Waals surface area contributed by atoms with E-state index in [-0.39, 0.29) is 12.1 Å². The van der Waals surface area contributed by atoms with Gasteiger partial charge in [-0.3, -0.25) is 14.3 Å². The van der Waals surface area contributed by atoms with Gasteiger partial charge in [0.15, 0.2) is 11.2 Å². The fourth-order valence-corrected chi connectivity index (χ4v) is 3.19. The Bertz CT molecular complexity index is 1150. The van der Waals surface area contributed by atoms with Crippen molar-refractivity contribution in [2.75, 3.05) is 0 Å². The van der Waals surface area contributed by atoms with Crippen LogP contribution in [0, 0.1) is 13.8 Å². The predicted molar refractivity (Wildman–Crippen MR) is 106 cm³/mol. The second-order valence-corrected chi connectivity index (χ2v) is 6.92. The van der Waals surface area contributed by atoms with Crippen molar-refractivity contribution in [3.63, 3.8) is 0 Å². The molecule has 2 aromatic heterocycles. The number of aryl methyl sites for hydroxylation is 4. The molecule has 8 nitrogen and oxygen atoms in total. The summed E-state index contributed by atoms with van der Waals surface area (Å²) in [5.41, 5.74) is 1.99. The minimum Gasteiger partial charge on any atom is -0.454 e. The standard InChI is InChI=1S/C20H24N4O4/c1-5-6-9-24-17-16(18(25)22-20(24)27)23(4)15(21-17)11-28-19(26)14-8-7-12(2)10-13(14)3/h7-8,10H,5-6,9,11H2,1-4H3,(H,22,25,27). The number of nitrogens with one attached hydrogen (secondary N) is 1. The first-order valence-corrected chi connectivity index (χ1v) is 9.26. The Morgan fingerprint density at radius 3 is 2.68 bits per heavy atom. The summed E-state index contributed by atoms with van der Waals surface area (Å²) in [6.45, 7) is 6.19.